The lowest BCUT2D eigenvalue weighted by atomic mass is 9.89. The summed E-state index contributed by atoms with van der Waals surface area (Å²) in [5, 5.41) is 12.2. The minimum absolute atomic E-state index is 0.0638. The molecule has 2 aliphatic heterocycles. The lowest BCUT2D eigenvalue weighted by Gasteiger charge is -2.42. The Morgan fingerprint density at radius 2 is 1.97 bits per heavy atom. The summed E-state index contributed by atoms with van der Waals surface area (Å²) in [4.78, 5) is 25.1. The number of thiophene rings is 1. The predicted molar refractivity (Wildman–Crippen MR) is 101 cm³/mol. The van der Waals surface area contributed by atoms with Crippen molar-refractivity contribution >= 4 is 23.2 Å². The molecule has 29 heavy (non-hydrogen) atoms. The SMILES string of the molecule is O=C(NCc1cccs1)[C@H]1CC[C@@H]2[C@@H](CCN2C2CCC2)O1.O=C(O)C(F)(F)F. The van der Waals surface area contributed by atoms with Crippen LogP contribution in [0.5, 0.6) is 0 Å². The molecule has 1 aromatic heterocycles. The van der Waals surface area contributed by atoms with Gasteiger partial charge in [-0.25, -0.2) is 4.79 Å². The van der Waals surface area contributed by atoms with Gasteiger partial charge in [-0.3, -0.25) is 9.69 Å². The molecule has 3 aliphatic rings. The highest BCUT2D eigenvalue weighted by Crippen LogP contribution is 2.37. The number of fused-ring (bicyclic) bond motifs is 1. The van der Waals surface area contributed by atoms with Gasteiger partial charge in [-0.05, 0) is 43.6 Å². The first-order valence-corrected chi connectivity index (χ1v) is 10.6. The number of hydrogen-bond acceptors (Lipinski definition) is 5. The Morgan fingerprint density at radius 1 is 1.24 bits per heavy atom. The van der Waals surface area contributed by atoms with Crippen LogP contribution >= 0.6 is 11.3 Å². The molecule has 2 N–H and O–H groups in total. The first-order chi connectivity index (χ1) is 13.8. The van der Waals surface area contributed by atoms with Crippen LogP contribution in [0, 0.1) is 0 Å². The smallest absolute Gasteiger partial charge is 0.475 e. The van der Waals surface area contributed by atoms with Crippen molar-refractivity contribution in [3.05, 3.63) is 22.4 Å². The zero-order valence-electron chi connectivity index (χ0n) is 15.9. The molecular formula is C19H25F3N2O4S. The molecule has 0 aromatic carbocycles. The van der Waals surface area contributed by atoms with Gasteiger partial charge in [-0.2, -0.15) is 13.2 Å². The maximum absolute atomic E-state index is 12.3. The van der Waals surface area contributed by atoms with Gasteiger partial charge in [0, 0.05) is 23.5 Å². The van der Waals surface area contributed by atoms with E-state index in [1.165, 1.54) is 24.1 Å². The van der Waals surface area contributed by atoms with Crippen LogP contribution in [-0.2, 0) is 20.9 Å². The van der Waals surface area contributed by atoms with Crippen LogP contribution in [0.1, 0.15) is 43.4 Å². The van der Waals surface area contributed by atoms with Crippen LogP contribution in [-0.4, -0.2) is 58.9 Å². The molecule has 0 unspecified atom stereocenters. The maximum atomic E-state index is 12.3. The molecule has 3 atom stereocenters. The van der Waals surface area contributed by atoms with Gasteiger partial charge >= 0.3 is 12.1 Å². The van der Waals surface area contributed by atoms with E-state index in [0.29, 0.717) is 12.6 Å². The number of ether oxygens (including phenoxy) is 1. The number of rotatable bonds is 4. The van der Waals surface area contributed by atoms with Crippen molar-refractivity contribution in [3.63, 3.8) is 0 Å². The number of carboxylic acids is 1. The average molecular weight is 434 g/mol. The van der Waals surface area contributed by atoms with Gasteiger partial charge in [0.1, 0.15) is 6.10 Å². The molecule has 2 saturated heterocycles. The lowest BCUT2D eigenvalue weighted by Crippen LogP contribution is -2.51. The van der Waals surface area contributed by atoms with Gasteiger partial charge in [0.2, 0.25) is 5.91 Å². The van der Waals surface area contributed by atoms with Crippen molar-refractivity contribution in [2.45, 2.75) is 75.5 Å². The van der Waals surface area contributed by atoms with Crippen molar-refractivity contribution in [1.82, 2.24) is 10.2 Å². The number of carbonyl (C=O) groups excluding carboxylic acids is 1. The summed E-state index contributed by atoms with van der Waals surface area (Å²) in [6.45, 7) is 1.78. The Labute approximate surface area is 171 Å². The molecule has 0 radical (unpaired) electrons. The summed E-state index contributed by atoms with van der Waals surface area (Å²) >= 11 is 1.68. The Bertz CT molecular complexity index is 694. The second-order valence-electron chi connectivity index (χ2n) is 7.52. The quantitative estimate of drug-likeness (QED) is 0.761. The first kappa shape index (κ1) is 22.0. The summed E-state index contributed by atoms with van der Waals surface area (Å²) in [6.07, 6.45) is 2.10. The topological polar surface area (TPSA) is 78.9 Å². The molecule has 0 spiro atoms. The minimum Gasteiger partial charge on any atom is -0.475 e. The highest BCUT2D eigenvalue weighted by Gasteiger charge is 2.44. The van der Waals surface area contributed by atoms with Crippen LogP contribution in [0.25, 0.3) is 0 Å². The number of carbonyl (C=O) groups is 2. The van der Waals surface area contributed by atoms with E-state index in [1.54, 1.807) is 11.3 Å². The van der Waals surface area contributed by atoms with Crippen LogP contribution in [0.15, 0.2) is 17.5 Å². The van der Waals surface area contributed by atoms with Crippen molar-refractivity contribution in [2.24, 2.45) is 0 Å². The van der Waals surface area contributed by atoms with E-state index in [-0.39, 0.29) is 18.1 Å². The molecular weight excluding hydrogens is 409 g/mol. The highest BCUT2D eigenvalue weighted by atomic mass is 32.1. The number of nitrogens with one attached hydrogen (secondary N) is 1. The molecule has 1 amide bonds. The second kappa shape index (κ2) is 9.44. The van der Waals surface area contributed by atoms with Gasteiger partial charge in [0.15, 0.2) is 0 Å². The third-order valence-electron chi connectivity index (χ3n) is 5.69. The number of likely N-dealkylation sites (tertiary alicyclic amines) is 1. The summed E-state index contributed by atoms with van der Waals surface area (Å²) in [5.41, 5.74) is 0. The third-order valence-corrected chi connectivity index (χ3v) is 6.56. The minimum atomic E-state index is -5.08. The molecule has 1 saturated carbocycles. The fourth-order valence-electron chi connectivity index (χ4n) is 4.03. The molecule has 1 aromatic rings. The van der Waals surface area contributed by atoms with E-state index in [2.05, 4.69) is 16.3 Å². The summed E-state index contributed by atoms with van der Waals surface area (Å²) in [5.74, 6) is -2.69. The van der Waals surface area contributed by atoms with Gasteiger partial charge < -0.3 is 15.2 Å². The average Bonchev–Trinajstić information content (AvgIpc) is 3.28. The Kier molecular flexibility index (Phi) is 7.18. The monoisotopic (exact) mass is 434 g/mol. The van der Waals surface area contributed by atoms with Gasteiger partial charge in [0.25, 0.3) is 0 Å². The van der Waals surface area contributed by atoms with E-state index in [1.807, 2.05) is 11.4 Å². The van der Waals surface area contributed by atoms with Crippen LogP contribution in [0.2, 0.25) is 0 Å². The molecule has 162 valence electrons. The zero-order valence-corrected chi connectivity index (χ0v) is 16.7. The fraction of sp³-hybridized carbons (Fsp3) is 0.684. The molecule has 3 fully saturated rings. The predicted octanol–water partition coefficient (Wildman–Crippen LogP) is 3.17. The van der Waals surface area contributed by atoms with Crippen molar-refractivity contribution in [2.75, 3.05) is 6.54 Å². The zero-order chi connectivity index (χ0) is 21.0. The number of nitrogens with zero attached hydrogens (tertiary/aromatic N) is 1. The number of carboxylic acid groups (broad SMARTS) is 1. The summed E-state index contributed by atoms with van der Waals surface area (Å²) in [7, 11) is 0. The fourth-order valence-corrected chi connectivity index (χ4v) is 4.67. The van der Waals surface area contributed by atoms with Gasteiger partial charge in [0.05, 0.1) is 12.6 Å². The standard InChI is InChI=1S/C17H24N2O2S.C2HF3O2/c20-17(18-11-13-5-2-10-22-13)16-7-6-14-15(21-16)8-9-19(14)12-3-1-4-12;3-2(4,5)1(6)7/h2,5,10,12,14-16H,1,3-4,6-9,11H2,(H,18,20);(H,6,7)/t14-,15-,16-;/m1./s1. The van der Waals surface area contributed by atoms with E-state index in [9.17, 15) is 18.0 Å². The Hall–Kier alpha value is -1.65. The van der Waals surface area contributed by atoms with Gasteiger partial charge in [-0.15, -0.1) is 11.3 Å². The number of aliphatic carboxylic acids is 1. The van der Waals surface area contributed by atoms with Crippen molar-refractivity contribution in [1.29, 1.82) is 0 Å². The Balaban J connectivity index is 0.000000298. The normalized spacial score (nSPS) is 27.3. The molecule has 0 bridgehead atoms. The van der Waals surface area contributed by atoms with Crippen LogP contribution in [0.4, 0.5) is 13.2 Å². The molecule has 6 nitrogen and oxygen atoms in total. The van der Waals surface area contributed by atoms with E-state index < -0.39 is 12.1 Å². The molecule has 4 rings (SSSR count). The van der Waals surface area contributed by atoms with E-state index in [4.69, 9.17) is 14.6 Å². The van der Waals surface area contributed by atoms with E-state index in [0.717, 1.165) is 31.8 Å². The number of amides is 1. The first-order valence-electron chi connectivity index (χ1n) is 9.77. The van der Waals surface area contributed by atoms with Crippen molar-refractivity contribution < 1.29 is 32.6 Å². The lowest BCUT2D eigenvalue weighted by molar-refractivity contribution is -0.192. The number of hydrogen-bond donors (Lipinski definition) is 2. The second-order valence-corrected chi connectivity index (χ2v) is 8.55. The largest absolute Gasteiger partial charge is 0.490 e. The molecule has 3 heterocycles. The van der Waals surface area contributed by atoms with Crippen molar-refractivity contribution in [3.8, 4) is 0 Å². The molecule has 1 aliphatic carbocycles. The maximum Gasteiger partial charge on any atom is 0.490 e. The third kappa shape index (κ3) is 5.70. The van der Waals surface area contributed by atoms with Crippen LogP contribution < -0.4 is 5.32 Å². The number of halogens is 3. The molecule has 10 heteroatoms. The van der Waals surface area contributed by atoms with E-state index >= 15 is 0 Å². The summed E-state index contributed by atoms with van der Waals surface area (Å²) < 4.78 is 37.9. The number of alkyl halides is 3. The highest BCUT2D eigenvalue weighted by molar-refractivity contribution is 7.09. The van der Waals surface area contributed by atoms with Gasteiger partial charge in [-0.1, -0.05) is 12.5 Å². The summed E-state index contributed by atoms with van der Waals surface area (Å²) in [6, 6.07) is 5.42. The Morgan fingerprint density at radius 3 is 2.52 bits per heavy atom. The van der Waals surface area contributed by atoms with Crippen LogP contribution in [0.3, 0.4) is 0 Å².